The highest BCUT2D eigenvalue weighted by molar-refractivity contribution is 5.83. The van der Waals surface area contributed by atoms with Crippen LogP contribution in [0, 0.1) is 24.0 Å². The number of rotatable bonds is 4. The smallest absolute Gasteiger partial charge is 0.261 e. The van der Waals surface area contributed by atoms with Crippen molar-refractivity contribution in [2.75, 3.05) is 5.43 Å². The van der Waals surface area contributed by atoms with Gasteiger partial charge in [-0.05, 0) is 54.8 Å². The third-order valence-corrected chi connectivity index (χ3v) is 3.65. The minimum atomic E-state index is -0.427. The summed E-state index contributed by atoms with van der Waals surface area (Å²) in [5.41, 5.74) is 6.81. The number of nitro benzene ring substituents is 1. The van der Waals surface area contributed by atoms with Crippen LogP contribution in [0.5, 0.6) is 0 Å². The second-order valence-electron chi connectivity index (χ2n) is 5.57. The number of non-ortho nitro benzene ring substituents is 1. The second-order valence-corrected chi connectivity index (χ2v) is 5.57. The summed E-state index contributed by atoms with van der Waals surface area (Å²) in [7, 11) is 0. The molecule has 0 unspecified atom stereocenters. The van der Waals surface area contributed by atoms with Crippen molar-refractivity contribution < 1.29 is 4.92 Å². The van der Waals surface area contributed by atoms with E-state index >= 15 is 0 Å². The van der Waals surface area contributed by atoms with Crippen LogP contribution in [0.25, 0.3) is 10.9 Å². The van der Waals surface area contributed by atoms with Crippen molar-refractivity contribution in [2.24, 2.45) is 5.10 Å². The summed E-state index contributed by atoms with van der Waals surface area (Å²) in [6, 6.07) is 14.4. The summed E-state index contributed by atoms with van der Waals surface area (Å²) in [6.07, 6.45) is 1.60. The number of anilines is 1. The standard InChI is InChI=1S/C18H16N4O2/c1-12-3-6-15-10-13(2)18(20-17(15)9-12)21-19-11-14-4-7-16(8-5-14)22(23)24/h3-11H,1-2H3,(H,20,21). The average Bonchev–Trinajstić information content (AvgIpc) is 2.56. The highest BCUT2D eigenvalue weighted by Gasteiger charge is 2.04. The third-order valence-electron chi connectivity index (χ3n) is 3.65. The van der Waals surface area contributed by atoms with Gasteiger partial charge in [-0.2, -0.15) is 5.10 Å². The summed E-state index contributed by atoms with van der Waals surface area (Å²) >= 11 is 0. The van der Waals surface area contributed by atoms with Gasteiger partial charge in [0.15, 0.2) is 0 Å². The van der Waals surface area contributed by atoms with E-state index in [4.69, 9.17) is 0 Å². The van der Waals surface area contributed by atoms with Crippen LogP contribution in [0.2, 0.25) is 0 Å². The van der Waals surface area contributed by atoms with Gasteiger partial charge >= 0.3 is 0 Å². The number of hydrogen-bond donors (Lipinski definition) is 1. The number of nitrogens with zero attached hydrogens (tertiary/aromatic N) is 3. The van der Waals surface area contributed by atoms with Gasteiger partial charge in [-0.3, -0.25) is 15.5 Å². The molecule has 0 saturated carbocycles. The SMILES string of the molecule is Cc1ccc2cc(C)c(NN=Cc3ccc([N+](=O)[O-])cc3)nc2c1. The van der Waals surface area contributed by atoms with Gasteiger partial charge < -0.3 is 0 Å². The molecule has 0 aliphatic rings. The first kappa shape index (κ1) is 15.6. The molecule has 3 rings (SSSR count). The summed E-state index contributed by atoms with van der Waals surface area (Å²) in [5.74, 6) is 0.686. The van der Waals surface area contributed by atoms with Crippen molar-refractivity contribution in [3.05, 3.63) is 75.3 Å². The quantitative estimate of drug-likeness (QED) is 0.443. The molecule has 24 heavy (non-hydrogen) atoms. The maximum Gasteiger partial charge on any atom is 0.269 e. The predicted octanol–water partition coefficient (Wildman–Crippen LogP) is 4.21. The molecule has 0 atom stereocenters. The fourth-order valence-corrected chi connectivity index (χ4v) is 2.35. The number of aromatic nitrogens is 1. The van der Waals surface area contributed by atoms with Crippen LogP contribution >= 0.6 is 0 Å². The van der Waals surface area contributed by atoms with E-state index in [9.17, 15) is 10.1 Å². The molecule has 0 radical (unpaired) electrons. The summed E-state index contributed by atoms with van der Waals surface area (Å²) < 4.78 is 0. The van der Waals surface area contributed by atoms with Gasteiger partial charge in [0.25, 0.3) is 5.69 Å². The molecule has 2 aromatic carbocycles. The molecule has 0 aliphatic carbocycles. The lowest BCUT2D eigenvalue weighted by Crippen LogP contribution is -1.97. The van der Waals surface area contributed by atoms with Gasteiger partial charge in [-0.25, -0.2) is 4.98 Å². The fourth-order valence-electron chi connectivity index (χ4n) is 2.35. The van der Waals surface area contributed by atoms with E-state index in [1.165, 1.54) is 12.1 Å². The number of pyridine rings is 1. The minimum Gasteiger partial charge on any atom is -0.261 e. The van der Waals surface area contributed by atoms with Crippen molar-refractivity contribution >= 4 is 28.6 Å². The summed E-state index contributed by atoms with van der Waals surface area (Å²) in [6.45, 7) is 4.00. The van der Waals surface area contributed by atoms with Crippen LogP contribution in [0.3, 0.4) is 0 Å². The molecular weight excluding hydrogens is 304 g/mol. The number of aryl methyl sites for hydroxylation is 2. The molecule has 0 amide bonds. The third kappa shape index (κ3) is 3.38. The average molecular weight is 320 g/mol. The number of benzene rings is 2. The Morgan fingerprint density at radius 2 is 1.88 bits per heavy atom. The first-order valence-corrected chi connectivity index (χ1v) is 7.44. The predicted molar refractivity (Wildman–Crippen MR) is 95.5 cm³/mol. The molecule has 0 bridgehead atoms. The zero-order valence-electron chi connectivity index (χ0n) is 13.4. The molecule has 1 heterocycles. The maximum atomic E-state index is 10.6. The largest absolute Gasteiger partial charge is 0.269 e. The van der Waals surface area contributed by atoms with Crippen LogP contribution in [0.4, 0.5) is 11.5 Å². The first-order valence-electron chi connectivity index (χ1n) is 7.44. The molecule has 0 saturated heterocycles. The minimum absolute atomic E-state index is 0.0579. The van der Waals surface area contributed by atoms with E-state index in [0.29, 0.717) is 5.82 Å². The molecule has 1 N–H and O–H groups in total. The number of hydrogen-bond acceptors (Lipinski definition) is 5. The lowest BCUT2D eigenvalue weighted by Gasteiger charge is -2.07. The highest BCUT2D eigenvalue weighted by atomic mass is 16.6. The summed E-state index contributed by atoms with van der Waals surface area (Å²) in [4.78, 5) is 14.8. The highest BCUT2D eigenvalue weighted by Crippen LogP contribution is 2.20. The van der Waals surface area contributed by atoms with Crippen LogP contribution in [0.1, 0.15) is 16.7 Å². The summed E-state index contributed by atoms with van der Waals surface area (Å²) in [5, 5.41) is 15.9. The van der Waals surface area contributed by atoms with Crippen molar-refractivity contribution in [2.45, 2.75) is 13.8 Å². The Kier molecular flexibility index (Phi) is 4.20. The first-order chi connectivity index (χ1) is 11.5. The van der Waals surface area contributed by atoms with Crippen LogP contribution < -0.4 is 5.43 Å². The molecule has 1 aromatic heterocycles. The molecule has 0 fully saturated rings. The van der Waals surface area contributed by atoms with E-state index in [1.807, 2.05) is 19.9 Å². The van der Waals surface area contributed by atoms with Gasteiger partial charge in [0.05, 0.1) is 16.7 Å². The molecule has 0 aliphatic heterocycles. The Labute approximate surface area is 139 Å². The number of fused-ring (bicyclic) bond motifs is 1. The van der Waals surface area contributed by atoms with Crippen LogP contribution in [0.15, 0.2) is 53.6 Å². The normalized spacial score (nSPS) is 11.1. The van der Waals surface area contributed by atoms with Crippen molar-refractivity contribution in [3.63, 3.8) is 0 Å². The zero-order chi connectivity index (χ0) is 17.1. The molecular formula is C18H16N4O2. The molecule has 6 heteroatoms. The Hall–Kier alpha value is -3.28. The van der Waals surface area contributed by atoms with E-state index < -0.39 is 4.92 Å². The molecule has 120 valence electrons. The van der Waals surface area contributed by atoms with Crippen molar-refractivity contribution in [1.82, 2.24) is 4.98 Å². The lowest BCUT2D eigenvalue weighted by molar-refractivity contribution is -0.384. The topological polar surface area (TPSA) is 80.4 Å². The van der Waals surface area contributed by atoms with Crippen LogP contribution in [-0.4, -0.2) is 16.1 Å². The van der Waals surface area contributed by atoms with E-state index in [2.05, 4.69) is 33.7 Å². The van der Waals surface area contributed by atoms with Crippen molar-refractivity contribution in [3.8, 4) is 0 Å². The van der Waals surface area contributed by atoms with Crippen LogP contribution in [-0.2, 0) is 0 Å². The van der Waals surface area contributed by atoms with E-state index in [-0.39, 0.29) is 5.69 Å². The monoisotopic (exact) mass is 320 g/mol. The van der Waals surface area contributed by atoms with E-state index in [0.717, 1.165) is 27.6 Å². The van der Waals surface area contributed by atoms with E-state index in [1.54, 1.807) is 18.3 Å². The van der Waals surface area contributed by atoms with Crippen molar-refractivity contribution in [1.29, 1.82) is 0 Å². The van der Waals surface area contributed by atoms with Gasteiger partial charge in [-0.1, -0.05) is 12.1 Å². The number of hydrazone groups is 1. The Balaban J connectivity index is 1.79. The maximum absolute atomic E-state index is 10.6. The van der Waals surface area contributed by atoms with Gasteiger partial charge in [-0.15, -0.1) is 0 Å². The number of nitrogens with one attached hydrogen (secondary N) is 1. The van der Waals surface area contributed by atoms with Gasteiger partial charge in [0.2, 0.25) is 0 Å². The lowest BCUT2D eigenvalue weighted by atomic mass is 10.1. The molecule has 6 nitrogen and oxygen atoms in total. The Bertz CT molecular complexity index is 934. The zero-order valence-corrected chi connectivity index (χ0v) is 13.4. The molecule has 3 aromatic rings. The second kappa shape index (κ2) is 6.45. The van der Waals surface area contributed by atoms with Gasteiger partial charge in [0.1, 0.15) is 5.82 Å². The number of nitro groups is 1. The Morgan fingerprint density at radius 3 is 2.58 bits per heavy atom. The van der Waals surface area contributed by atoms with Gasteiger partial charge in [0, 0.05) is 17.5 Å². The fraction of sp³-hybridized carbons (Fsp3) is 0.111. The Morgan fingerprint density at radius 1 is 1.12 bits per heavy atom. The molecule has 0 spiro atoms.